The van der Waals surface area contributed by atoms with Crippen molar-refractivity contribution in [2.75, 3.05) is 26.3 Å². The third-order valence-electron chi connectivity index (χ3n) is 5.83. The second-order valence-corrected chi connectivity index (χ2v) is 9.64. The SMILES string of the molecule is Cc1cc2c(C)c(C(=O)N3CCOCC3)oc2c(S(=O)(=O)NCc2ccc(F)cc2)c1C. The number of halogens is 1. The molecule has 1 aromatic heterocycles. The number of nitrogens with zero attached hydrogens (tertiary/aromatic N) is 1. The van der Waals surface area contributed by atoms with Crippen LogP contribution in [-0.2, 0) is 21.3 Å². The Balaban J connectivity index is 1.75. The van der Waals surface area contributed by atoms with Crippen LogP contribution in [0.25, 0.3) is 11.0 Å². The van der Waals surface area contributed by atoms with Gasteiger partial charge in [-0.25, -0.2) is 17.5 Å². The Hall–Kier alpha value is -2.75. The lowest BCUT2D eigenvalue weighted by atomic mass is 10.0. The van der Waals surface area contributed by atoms with Crippen molar-refractivity contribution in [3.8, 4) is 0 Å². The number of carbonyl (C=O) groups is 1. The topological polar surface area (TPSA) is 88.9 Å². The van der Waals surface area contributed by atoms with Crippen LogP contribution in [0.2, 0.25) is 0 Å². The summed E-state index contributed by atoms with van der Waals surface area (Å²) in [6, 6.07) is 7.44. The fourth-order valence-corrected chi connectivity index (χ4v) is 5.29. The van der Waals surface area contributed by atoms with Gasteiger partial charge < -0.3 is 14.1 Å². The molecule has 1 amide bonds. The van der Waals surface area contributed by atoms with Crippen LogP contribution in [0, 0.1) is 26.6 Å². The van der Waals surface area contributed by atoms with E-state index in [-0.39, 0.29) is 28.7 Å². The van der Waals surface area contributed by atoms with Gasteiger partial charge in [-0.1, -0.05) is 12.1 Å². The first-order valence-electron chi connectivity index (χ1n) is 10.3. The van der Waals surface area contributed by atoms with E-state index in [1.165, 1.54) is 24.3 Å². The fraction of sp³-hybridized carbons (Fsp3) is 0.348. The lowest BCUT2D eigenvalue weighted by Gasteiger charge is -2.26. The van der Waals surface area contributed by atoms with Gasteiger partial charge in [0.1, 0.15) is 10.7 Å². The molecule has 1 aliphatic rings. The van der Waals surface area contributed by atoms with Gasteiger partial charge in [0.25, 0.3) is 5.91 Å². The Kier molecular flexibility index (Phi) is 6.07. The molecule has 2 aromatic carbocycles. The number of fused-ring (bicyclic) bond motifs is 1. The lowest BCUT2D eigenvalue weighted by Crippen LogP contribution is -2.40. The number of hydrogen-bond acceptors (Lipinski definition) is 5. The van der Waals surface area contributed by atoms with Gasteiger partial charge in [-0.15, -0.1) is 0 Å². The van der Waals surface area contributed by atoms with Gasteiger partial charge in [0, 0.05) is 30.6 Å². The van der Waals surface area contributed by atoms with Crippen molar-refractivity contribution in [2.24, 2.45) is 0 Å². The number of nitrogens with one attached hydrogen (secondary N) is 1. The normalized spacial score (nSPS) is 14.8. The third-order valence-corrected chi connectivity index (χ3v) is 7.39. The number of morpholine rings is 1. The van der Waals surface area contributed by atoms with Gasteiger partial charge in [-0.05, 0) is 55.7 Å². The Morgan fingerprint density at radius 3 is 2.41 bits per heavy atom. The van der Waals surface area contributed by atoms with Gasteiger partial charge in [-0.2, -0.15) is 0 Å². The Labute approximate surface area is 186 Å². The van der Waals surface area contributed by atoms with Crippen LogP contribution in [0.4, 0.5) is 4.39 Å². The van der Waals surface area contributed by atoms with Gasteiger partial charge >= 0.3 is 0 Å². The van der Waals surface area contributed by atoms with Crippen LogP contribution in [0.3, 0.4) is 0 Å². The van der Waals surface area contributed by atoms with Crippen LogP contribution >= 0.6 is 0 Å². The molecule has 0 radical (unpaired) electrons. The molecule has 0 unspecified atom stereocenters. The maximum Gasteiger partial charge on any atom is 0.290 e. The predicted octanol–water partition coefficient (Wildman–Crippen LogP) is 3.45. The van der Waals surface area contributed by atoms with E-state index < -0.39 is 15.8 Å². The van der Waals surface area contributed by atoms with Gasteiger partial charge in [-0.3, -0.25) is 4.79 Å². The fourth-order valence-electron chi connectivity index (χ4n) is 3.83. The van der Waals surface area contributed by atoms with Crippen LogP contribution in [-0.4, -0.2) is 45.5 Å². The van der Waals surface area contributed by atoms with E-state index in [0.29, 0.717) is 48.4 Å². The van der Waals surface area contributed by atoms with Crippen molar-refractivity contribution in [1.82, 2.24) is 9.62 Å². The van der Waals surface area contributed by atoms with Gasteiger partial charge in [0.15, 0.2) is 11.3 Å². The molecule has 7 nitrogen and oxygen atoms in total. The van der Waals surface area contributed by atoms with Gasteiger partial charge in [0.05, 0.1) is 13.2 Å². The summed E-state index contributed by atoms with van der Waals surface area (Å²) < 4.78 is 53.5. The van der Waals surface area contributed by atoms with Crippen molar-refractivity contribution in [1.29, 1.82) is 0 Å². The van der Waals surface area contributed by atoms with Crippen molar-refractivity contribution in [3.63, 3.8) is 0 Å². The maximum absolute atomic E-state index is 13.3. The Morgan fingerprint density at radius 1 is 1.09 bits per heavy atom. The molecule has 9 heteroatoms. The molecule has 1 aliphatic heterocycles. The first kappa shape index (κ1) is 22.4. The molecule has 2 heterocycles. The van der Waals surface area contributed by atoms with Crippen molar-refractivity contribution in [3.05, 3.63) is 64.2 Å². The number of sulfonamides is 1. The molecule has 1 fully saturated rings. The first-order chi connectivity index (χ1) is 15.2. The summed E-state index contributed by atoms with van der Waals surface area (Å²) in [5.41, 5.74) is 2.70. The number of carbonyl (C=O) groups excluding carboxylic acids is 1. The average Bonchev–Trinajstić information content (AvgIpc) is 3.09. The monoisotopic (exact) mass is 460 g/mol. The molecule has 1 saturated heterocycles. The number of benzene rings is 2. The molecule has 0 aliphatic carbocycles. The molecule has 0 saturated carbocycles. The summed E-state index contributed by atoms with van der Waals surface area (Å²) in [5.74, 6) is -0.529. The molecule has 0 spiro atoms. The third kappa shape index (κ3) is 4.15. The summed E-state index contributed by atoms with van der Waals surface area (Å²) in [6.45, 7) is 7.11. The number of hydrogen-bond donors (Lipinski definition) is 1. The zero-order chi connectivity index (χ0) is 23.0. The summed E-state index contributed by atoms with van der Waals surface area (Å²) in [5, 5.41) is 0.590. The number of amides is 1. The van der Waals surface area contributed by atoms with Crippen LogP contribution in [0.15, 0.2) is 39.6 Å². The number of rotatable bonds is 5. The molecule has 1 N–H and O–H groups in total. The van der Waals surface area contributed by atoms with Crippen LogP contribution in [0.1, 0.15) is 32.8 Å². The maximum atomic E-state index is 13.3. The zero-order valence-corrected chi connectivity index (χ0v) is 19.0. The van der Waals surface area contributed by atoms with E-state index >= 15 is 0 Å². The second kappa shape index (κ2) is 8.65. The lowest BCUT2D eigenvalue weighted by molar-refractivity contribution is 0.0283. The van der Waals surface area contributed by atoms with E-state index in [1.807, 2.05) is 13.0 Å². The molecular weight excluding hydrogens is 435 g/mol. The highest BCUT2D eigenvalue weighted by molar-refractivity contribution is 7.89. The van der Waals surface area contributed by atoms with E-state index in [2.05, 4.69) is 4.72 Å². The highest BCUT2D eigenvalue weighted by Crippen LogP contribution is 2.35. The molecule has 170 valence electrons. The molecule has 32 heavy (non-hydrogen) atoms. The molecule has 0 atom stereocenters. The summed E-state index contributed by atoms with van der Waals surface area (Å²) in [6.07, 6.45) is 0. The summed E-state index contributed by atoms with van der Waals surface area (Å²) in [4.78, 5) is 14.7. The number of ether oxygens (including phenoxy) is 1. The quantitative estimate of drug-likeness (QED) is 0.630. The highest BCUT2D eigenvalue weighted by Gasteiger charge is 2.30. The standard InChI is InChI=1S/C23H25FN2O5S/c1-14-12-19-16(3)20(23(27)26-8-10-30-11-9-26)31-21(19)22(15(14)2)32(28,29)25-13-17-4-6-18(24)7-5-17/h4-7,12,25H,8-11,13H2,1-3H3. The predicted molar refractivity (Wildman–Crippen MR) is 118 cm³/mol. The van der Waals surface area contributed by atoms with E-state index in [1.54, 1.807) is 18.7 Å². The number of aryl methyl sites for hydroxylation is 2. The van der Waals surface area contributed by atoms with E-state index in [9.17, 15) is 17.6 Å². The molecule has 4 rings (SSSR count). The average molecular weight is 461 g/mol. The molecule has 3 aromatic rings. The minimum atomic E-state index is -3.98. The summed E-state index contributed by atoms with van der Waals surface area (Å²) >= 11 is 0. The van der Waals surface area contributed by atoms with Crippen molar-refractivity contribution >= 4 is 26.9 Å². The highest BCUT2D eigenvalue weighted by atomic mass is 32.2. The van der Waals surface area contributed by atoms with Crippen molar-refractivity contribution in [2.45, 2.75) is 32.2 Å². The first-order valence-corrected chi connectivity index (χ1v) is 11.8. The Bertz CT molecular complexity index is 1280. The molecular formula is C23H25FN2O5S. The second-order valence-electron chi connectivity index (χ2n) is 7.94. The number of furan rings is 1. The smallest absolute Gasteiger partial charge is 0.290 e. The van der Waals surface area contributed by atoms with Crippen LogP contribution in [0.5, 0.6) is 0 Å². The molecule has 0 bridgehead atoms. The van der Waals surface area contributed by atoms with E-state index in [0.717, 1.165) is 5.56 Å². The Morgan fingerprint density at radius 2 is 1.75 bits per heavy atom. The van der Waals surface area contributed by atoms with Crippen molar-refractivity contribution < 1.29 is 26.8 Å². The van der Waals surface area contributed by atoms with E-state index in [4.69, 9.17) is 9.15 Å². The summed E-state index contributed by atoms with van der Waals surface area (Å²) in [7, 11) is -3.98. The minimum Gasteiger partial charge on any atom is -0.449 e. The van der Waals surface area contributed by atoms with Gasteiger partial charge in [0.2, 0.25) is 10.0 Å². The zero-order valence-electron chi connectivity index (χ0n) is 18.2. The van der Waals surface area contributed by atoms with Crippen LogP contribution < -0.4 is 4.72 Å². The minimum absolute atomic E-state index is 0.00323. The largest absolute Gasteiger partial charge is 0.449 e.